The van der Waals surface area contributed by atoms with E-state index in [2.05, 4.69) is 16.0 Å². The number of ether oxygens (including phenoxy) is 3. The monoisotopic (exact) mass is 473 g/mol. The van der Waals surface area contributed by atoms with Gasteiger partial charge in [-0.2, -0.15) is 0 Å². The number of halogens is 1. The zero-order valence-electron chi connectivity index (χ0n) is 18.7. The van der Waals surface area contributed by atoms with Crippen molar-refractivity contribution in [2.45, 2.75) is 25.9 Å². The van der Waals surface area contributed by atoms with E-state index >= 15 is 0 Å². The molecule has 9 heteroatoms. The number of carbonyl (C=O) groups is 2. The Morgan fingerprint density at radius 1 is 1.18 bits per heavy atom. The van der Waals surface area contributed by atoms with Crippen LogP contribution in [0, 0.1) is 0 Å². The minimum absolute atomic E-state index is 0.0844. The van der Waals surface area contributed by atoms with Gasteiger partial charge in [0, 0.05) is 30.6 Å². The van der Waals surface area contributed by atoms with E-state index in [-0.39, 0.29) is 18.0 Å². The molecular weight excluding hydrogens is 446 g/mol. The van der Waals surface area contributed by atoms with Crippen LogP contribution in [-0.2, 0) is 9.53 Å². The first-order valence-electron chi connectivity index (χ1n) is 10.7. The van der Waals surface area contributed by atoms with E-state index in [0.29, 0.717) is 46.6 Å². The Bertz CT molecular complexity index is 988. The van der Waals surface area contributed by atoms with Gasteiger partial charge in [0.05, 0.1) is 24.8 Å². The summed E-state index contributed by atoms with van der Waals surface area (Å²) in [6.45, 7) is 3.55. The summed E-state index contributed by atoms with van der Waals surface area (Å²) in [5.41, 5.74) is 1.91. The Labute approximate surface area is 198 Å². The summed E-state index contributed by atoms with van der Waals surface area (Å²) >= 11 is 6.26. The molecule has 0 saturated carbocycles. The summed E-state index contributed by atoms with van der Waals surface area (Å²) in [7, 11) is 1.53. The molecule has 2 aromatic carbocycles. The summed E-state index contributed by atoms with van der Waals surface area (Å²) in [5.74, 6) is 0.652. The van der Waals surface area contributed by atoms with E-state index in [9.17, 15) is 9.59 Å². The Morgan fingerprint density at radius 3 is 2.55 bits per heavy atom. The average Bonchev–Trinajstić information content (AvgIpc) is 3.33. The van der Waals surface area contributed by atoms with Crippen LogP contribution in [0.1, 0.15) is 25.3 Å². The lowest BCUT2D eigenvalue weighted by atomic mass is 10.2. The molecule has 3 rings (SSSR count). The van der Waals surface area contributed by atoms with Gasteiger partial charge in [-0.25, -0.2) is 4.79 Å². The first-order chi connectivity index (χ1) is 16.0. The predicted octanol–water partition coefficient (Wildman–Crippen LogP) is 4.70. The van der Waals surface area contributed by atoms with Crippen molar-refractivity contribution in [2.24, 2.45) is 0 Å². The van der Waals surface area contributed by atoms with Gasteiger partial charge in [-0.3, -0.25) is 4.79 Å². The maximum Gasteiger partial charge on any atom is 0.319 e. The minimum atomic E-state index is -0.311. The number of benzene rings is 2. The quantitative estimate of drug-likeness (QED) is 0.458. The number of carbonyl (C=O) groups excluding carboxylic acids is 2. The zero-order chi connectivity index (χ0) is 23.6. The standard InChI is InChI=1S/C24H28ClN3O5/c1-3-32-23-20(25)13-16(14-21(23)31-2)6-11-22(29)27-17-7-9-18(10-8-17)28-24(30)26-15-19-5-4-12-33-19/h6-11,13-14,19H,3-5,12,15H2,1-2H3,(H,27,29)(H2,26,28,30)/b11-6+. The first kappa shape index (κ1) is 24.4. The highest BCUT2D eigenvalue weighted by molar-refractivity contribution is 6.32. The molecule has 1 aliphatic heterocycles. The number of anilines is 2. The van der Waals surface area contributed by atoms with Gasteiger partial charge >= 0.3 is 6.03 Å². The third-order valence-corrected chi connectivity index (χ3v) is 5.17. The molecule has 1 unspecified atom stereocenters. The molecule has 1 saturated heterocycles. The molecule has 2 aromatic rings. The molecule has 1 atom stereocenters. The van der Waals surface area contributed by atoms with Crippen molar-refractivity contribution in [3.63, 3.8) is 0 Å². The number of urea groups is 1. The highest BCUT2D eigenvalue weighted by Gasteiger charge is 2.16. The molecular formula is C24H28ClN3O5. The highest BCUT2D eigenvalue weighted by atomic mass is 35.5. The van der Waals surface area contributed by atoms with Crippen LogP contribution in [-0.4, -0.2) is 44.9 Å². The molecule has 0 aliphatic carbocycles. The van der Waals surface area contributed by atoms with Crippen molar-refractivity contribution in [1.29, 1.82) is 0 Å². The lowest BCUT2D eigenvalue weighted by Crippen LogP contribution is -2.35. The molecule has 3 N–H and O–H groups in total. The van der Waals surface area contributed by atoms with Crippen LogP contribution in [0.25, 0.3) is 6.08 Å². The maximum atomic E-state index is 12.3. The summed E-state index contributed by atoms with van der Waals surface area (Å²) < 4.78 is 16.3. The van der Waals surface area contributed by atoms with Gasteiger partial charge in [0.1, 0.15) is 0 Å². The second kappa shape index (κ2) is 12.1. The fourth-order valence-corrected chi connectivity index (χ4v) is 3.57. The van der Waals surface area contributed by atoms with Gasteiger partial charge in [0.2, 0.25) is 5.91 Å². The fourth-order valence-electron chi connectivity index (χ4n) is 3.30. The van der Waals surface area contributed by atoms with Crippen LogP contribution in [0.15, 0.2) is 42.5 Å². The molecule has 0 radical (unpaired) electrons. The van der Waals surface area contributed by atoms with Crippen molar-refractivity contribution >= 4 is 41.0 Å². The Balaban J connectivity index is 1.51. The molecule has 176 valence electrons. The molecule has 8 nitrogen and oxygen atoms in total. The number of nitrogens with one attached hydrogen (secondary N) is 3. The third kappa shape index (κ3) is 7.40. The van der Waals surface area contributed by atoms with Crippen LogP contribution >= 0.6 is 11.6 Å². The van der Waals surface area contributed by atoms with Gasteiger partial charge < -0.3 is 30.2 Å². The number of hydrogen-bond acceptors (Lipinski definition) is 5. The summed E-state index contributed by atoms with van der Waals surface area (Å²) in [6.07, 6.45) is 5.10. The molecule has 0 spiro atoms. The number of hydrogen-bond donors (Lipinski definition) is 3. The van der Waals surface area contributed by atoms with E-state index < -0.39 is 0 Å². The van der Waals surface area contributed by atoms with E-state index in [4.69, 9.17) is 25.8 Å². The van der Waals surface area contributed by atoms with E-state index in [1.54, 1.807) is 42.5 Å². The van der Waals surface area contributed by atoms with E-state index in [0.717, 1.165) is 19.4 Å². The van der Waals surface area contributed by atoms with Gasteiger partial charge in [-0.05, 0) is 67.8 Å². The Kier molecular flexibility index (Phi) is 8.97. The van der Waals surface area contributed by atoms with Crippen LogP contribution in [0.4, 0.5) is 16.2 Å². The Morgan fingerprint density at radius 2 is 1.91 bits per heavy atom. The molecule has 0 bridgehead atoms. The molecule has 1 aliphatic rings. The number of methoxy groups -OCH3 is 1. The smallest absolute Gasteiger partial charge is 0.319 e. The lowest BCUT2D eigenvalue weighted by Gasteiger charge is -2.12. The molecule has 1 fully saturated rings. The van der Waals surface area contributed by atoms with Crippen molar-refractivity contribution in [2.75, 3.05) is 37.5 Å². The molecule has 33 heavy (non-hydrogen) atoms. The summed E-state index contributed by atoms with van der Waals surface area (Å²) in [5, 5.41) is 8.72. The van der Waals surface area contributed by atoms with Gasteiger partial charge in [0.15, 0.2) is 11.5 Å². The van der Waals surface area contributed by atoms with Crippen molar-refractivity contribution < 1.29 is 23.8 Å². The van der Waals surface area contributed by atoms with Crippen LogP contribution < -0.4 is 25.4 Å². The fraction of sp³-hybridized carbons (Fsp3) is 0.333. The van der Waals surface area contributed by atoms with E-state index in [1.165, 1.54) is 13.2 Å². The zero-order valence-corrected chi connectivity index (χ0v) is 19.4. The number of rotatable bonds is 9. The highest BCUT2D eigenvalue weighted by Crippen LogP contribution is 2.36. The predicted molar refractivity (Wildman–Crippen MR) is 129 cm³/mol. The Hall–Kier alpha value is -3.23. The second-order valence-corrected chi connectivity index (χ2v) is 7.74. The lowest BCUT2D eigenvalue weighted by molar-refractivity contribution is -0.111. The largest absolute Gasteiger partial charge is 0.493 e. The molecule has 1 heterocycles. The first-order valence-corrected chi connectivity index (χ1v) is 11.1. The van der Waals surface area contributed by atoms with Crippen LogP contribution in [0.5, 0.6) is 11.5 Å². The van der Waals surface area contributed by atoms with Gasteiger partial charge in [0.25, 0.3) is 0 Å². The van der Waals surface area contributed by atoms with Gasteiger partial charge in [-0.15, -0.1) is 0 Å². The molecule has 0 aromatic heterocycles. The number of amides is 3. The minimum Gasteiger partial charge on any atom is -0.493 e. The summed E-state index contributed by atoms with van der Waals surface area (Å²) in [6, 6.07) is 9.98. The average molecular weight is 474 g/mol. The van der Waals surface area contributed by atoms with Crippen molar-refractivity contribution in [1.82, 2.24) is 5.32 Å². The van der Waals surface area contributed by atoms with Crippen LogP contribution in [0.2, 0.25) is 5.02 Å². The topological polar surface area (TPSA) is 97.9 Å². The van der Waals surface area contributed by atoms with Crippen molar-refractivity contribution in [3.05, 3.63) is 53.1 Å². The maximum absolute atomic E-state index is 12.3. The second-order valence-electron chi connectivity index (χ2n) is 7.34. The molecule has 3 amide bonds. The SMILES string of the molecule is CCOc1c(Cl)cc(/C=C/C(=O)Nc2ccc(NC(=O)NCC3CCCO3)cc2)cc1OC. The van der Waals surface area contributed by atoms with Gasteiger partial charge in [-0.1, -0.05) is 11.6 Å². The normalized spacial score (nSPS) is 15.3. The van der Waals surface area contributed by atoms with Crippen molar-refractivity contribution in [3.8, 4) is 11.5 Å². The van der Waals surface area contributed by atoms with E-state index in [1.807, 2.05) is 6.92 Å². The summed E-state index contributed by atoms with van der Waals surface area (Å²) in [4.78, 5) is 24.3. The third-order valence-electron chi connectivity index (χ3n) is 4.89. The van der Waals surface area contributed by atoms with Crippen LogP contribution in [0.3, 0.4) is 0 Å².